The van der Waals surface area contributed by atoms with Gasteiger partial charge >= 0.3 is 6.09 Å². The molecule has 0 aliphatic carbocycles. The van der Waals surface area contributed by atoms with Gasteiger partial charge in [0.25, 0.3) is 0 Å². The van der Waals surface area contributed by atoms with E-state index in [4.69, 9.17) is 18.9 Å². The lowest BCUT2D eigenvalue weighted by Gasteiger charge is -2.26. The highest BCUT2D eigenvalue weighted by Gasteiger charge is 2.23. The van der Waals surface area contributed by atoms with Crippen LogP contribution >= 0.6 is 0 Å². The van der Waals surface area contributed by atoms with E-state index < -0.39 is 11.7 Å². The maximum Gasteiger partial charge on any atom is 0.407 e. The van der Waals surface area contributed by atoms with E-state index >= 15 is 0 Å². The van der Waals surface area contributed by atoms with Gasteiger partial charge < -0.3 is 24.3 Å². The number of nitrogens with one attached hydrogen (secondary N) is 1. The number of carbonyl (C=O) groups excluding carboxylic acids is 1. The van der Waals surface area contributed by atoms with E-state index in [0.29, 0.717) is 44.4 Å². The average Bonchev–Trinajstić information content (AvgIpc) is 2.91. The number of rotatable bonds is 13. The molecule has 0 atom stereocenters. The fourth-order valence-electron chi connectivity index (χ4n) is 3.88. The molecule has 0 unspecified atom stereocenters. The summed E-state index contributed by atoms with van der Waals surface area (Å²) >= 11 is 0. The van der Waals surface area contributed by atoms with E-state index in [1.54, 1.807) is 6.20 Å². The molecule has 1 amide bonds. The maximum atomic E-state index is 11.7. The molecule has 8 nitrogen and oxygen atoms in total. The first-order chi connectivity index (χ1) is 19.0. The van der Waals surface area contributed by atoms with Crippen LogP contribution in [0.1, 0.15) is 70.6 Å². The first kappa shape index (κ1) is 30.5. The molecule has 0 aliphatic heterocycles. The zero-order valence-corrected chi connectivity index (χ0v) is 24.5. The SMILES string of the molecule is C=C(OCC)c1nccc(COc2ccc(C(C)(C)c3ccc(OCCCNC(=O)OC(C)(C)C)cc3)cc2)n1. The van der Waals surface area contributed by atoms with Gasteiger partial charge in [-0.15, -0.1) is 0 Å². The number of alkyl carbamates (subject to hydrolysis) is 1. The van der Waals surface area contributed by atoms with Crippen LogP contribution in [0.3, 0.4) is 0 Å². The number of ether oxygens (including phenoxy) is 4. The molecule has 2 aromatic carbocycles. The van der Waals surface area contributed by atoms with Crippen LogP contribution in [0.15, 0.2) is 67.4 Å². The first-order valence-electron chi connectivity index (χ1n) is 13.6. The minimum absolute atomic E-state index is 0.213. The Kier molecular flexibility index (Phi) is 10.5. The number of nitrogens with zero attached hydrogens (tertiary/aromatic N) is 2. The van der Waals surface area contributed by atoms with E-state index in [1.807, 2.05) is 58.0 Å². The molecule has 0 bridgehead atoms. The Morgan fingerprint density at radius 2 is 1.50 bits per heavy atom. The Hall–Kier alpha value is -4.07. The summed E-state index contributed by atoms with van der Waals surface area (Å²) in [4.78, 5) is 20.4. The Labute approximate surface area is 237 Å². The van der Waals surface area contributed by atoms with Crippen LogP contribution < -0.4 is 14.8 Å². The summed E-state index contributed by atoms with van der Waals surface area (Å²) in [5.74, 6) is 2.46. The van der Waals surface area contributed by atoms with Crippen LogP contribution in [0.5, 0.6) is 11.5 Å². The number of carbonyl (C=O) groups is 1. The molecule has 40 heavy (non-hydrogen) atoms. The van der Waals surface area contributed by atoms with Gasteiger partial charge in [0.05, 0.1) is 18.9 Å². The molecular weight excluding hydrogens is 506 g/mol. The highest BCUT2D eigenvalue weighted by atomic mass is 16.6. The molecule has 0 saturated carbocycles. The second-order valence-corrected chi connectivity index (χ2v) is 10.8. The summed E-state index contributed by atoms with van der Waals surface area (Å²) in [5, 5.41) is 2.74. The monoisotopic (exact) mass is 547 g/mol. The predicted octanol–water partition coefficient (Wildman–Crippen LogP) is 6.68. The fourth-order valence-corrected chi connectivity index (χ4v) is 3.88. The number of hydrogen-bond acceptors (Lipinski definition) is 7. The van der Waals surface area contributed by atoms with Gasteiger partial charge in [-0.3, -0.25) is 0 Å². The van der Waals surface area contributed by atoms with Gasteiger partial charge in [-0.1, -0.05) is 44.7 Å². The van der Waals surface area contributed by atoms with Gasteiger partial charge in [0.15, 0.2) is 11.6 Å². The number of amides is 1. The molecule has 214 valence electrons. The first-order valence-corrected chi connectivity index (χ1v) is 13.6. The number of benzene rings is 2. The quantitative estimate of drug-likeness (QED) is 0.188. The summed E-state index contributed by atoms with van der Waals surface area (Å²) in [6.45, 7) is 17.5. The summed E-state index contributed by atoms with van der Waals surface area (Å²) in [5.41, 5.74) is 2.37. The van der Waals surface area contributed by atoms with Crippen LogP contribution in [0.2, 0.25) is 0 Å². The molecule has 3 rings (SSSR count). The molecule has 0 spiro atoms. The molecule has 8 heteroatoms. The molecule has 0 aliphatic rings. The van der Waals surface area contributed by atoms with Crippen LogP contribution in [-0.2, 0) is 21.5 Å². The topological polar surface area (TPSA) is 91.8 Å². The fraction of sp³-hybridized carbons (Fsp3) is 0.406. The molecule has 3 aromatic rings. The molecule has 0 fully saturated rings. The van der Waals surface area contributed by atoms with Gasteiger partial charge in [0.1, 0.15) is 23.7 Å². The largest absolute Gasteiger partial charge is 0.494 e. The highest BCUT2D eigenvalue weighted by Crippen LogP contribution is 2.33. The van der Waals surface area contributed by atoms with Crippen molar-refractivity contribution in [2.24, 2.45) is 0 Å². The highest BCUT2D eigenvalue weighted by molar-refractivity contribution is 5.67. The third-order valence-electron chi connectivity index (χ3n) is 6.08. The lowest BCUT2D eigenvalue weighted by Crippen LogP contribution is -2.33. The predicted molar refractivity (Wildman–Crippen MR) is 156 cm³/mol. The lowest BCUT2D eigenvalue weighted by molar-refractivity contribution is 0.0525. The minimum Gasteiger partial charge on any atom is -0.494 e. The van der Waals surface area contributed by atoms with Gasteiger partial charge in [0, 0.05) is 18.2 Å². The third kappa shape index (κ3) is 9.29. The second-order valence-electron chi connectivity index (χ2n) is 10.8. The maximum absolute atomic E-state index is 11.7. The van der Waals surface area contributed by atoms with Gasteiger partial charge in [-0.2, -0.15) is 0 Å². The zero-order valence-electron chi connectivity index (χ0n) is 24.5. The molecule has 1 heterocycles. The smallest absolute Gasteiger partial charge is 0.407 e. The Morgan fingerprint density at radius 1 is 0.900 bits per heavy atom. The van der Waals surface area contributed by atoms with Gasteiger partial charge in [0.2, 0.25) is 0 Å². The van der Waals surface area contributed by atoms with Crippen molar-refractivity contribution in [2.45, 2.75) is 65.6 Å². The van der Waals surface area contributed by atoms with Gasteiger partial charge in [-0.05, 0) is 75.6 Å². The Bertz CT molecular complexity index is 1250. The van der Waals surface area contributed by atoms with Crippen molar-refractivity contribution < 1.29 is 23.7 Å². The summed E-state index contributed by atoms with van der Waals surface area (Å²) < 4.78 is 22.4. The molecule has 0 saturated heterocycles. The Morgan fingerprint density at radius 3 is 2.08 bits per heavy atom. The van der Waals surface area contributed by atoms with E-state index in [1.165, 1.54) is 11.1 Å². The van der Waals surface area contributed by atoms with Crippen molar-refractivity contribution in [1.29, 1.82) is 0 Å². The molecular formula is C32H41N3O5. The summed E-state index contributed by atoms with van der Waals surface area (Å²) in [6.07, 6.45) is 1.95. The van der Waals surface area contributed by atoms with E-state index in [-0.39, 0.29) is 5.41 Å². The van der Waals surface area contributed by atoms with Crippen molar-refractivity contribution in [3.05, 3.63) is 90.0 Å². The summed E-state index contributed by atoms with van der Waals surface area (Å²) in [7, 11) is 0. The third-order valence-corrected chi connectivity index (χ3v) is 6.08. The summed E-state index contributed by atoms with van der Waals surface area (Å²) in [6, 6.07) is 18.1. The number of aromatic nitrogens is 2. The molecule has 0 radical (unpaired) electrons. The van der Waals surface area contributed by atoms with Crippen LogP contribution in [0.25, 0.3) is 5.76 Å². The van der Waals surface area contributed by atoms with Gasteiger partial charge in [-0.25, -0.2) is 14.8 Å². The minimum atomic E-state index is -0.504. The van der Waals surface area contributed by atoms with E-state index in [9.17, 15) is 4.79 Å². The van der Waals surface area contributed by atoms with E-state index in [2.05, 4.69) is 60.0 Å². The standard InChI is InChI=1S/C32H41N3O5/c1-8-37-23(2)29-33-20-18-26(35-29)22-39-28-16-12-25(13-17-28)32(6,7)24-10-14-27(15-11-24)38-21-9-19-34-30(36)40-31(3,4)5/h10-18,20H,2,8-9,19,21-22H2,1,3-7H3,(H,34,36). The van der Waals surface area contributed by atoms with Crippen molar-refractivity contribution in [3.8, 4) is 11.5 Å². The molecule has 1 aromatic heterocycles. The molecule has 1 N–H and O–H groups in total. The van der Waals surface area contributed by atoms with Crippen molar-refractivity contribution >= 4 is 11.9 Å². The second kappa shape index (κ2) is 13.8. The van der Waals surface area contributed by atoms with Crippen molar-refractivity contribution in [2.75, 3.05) is 19.8 Å². The van der Waals surface area contributed by atoms with Crippen LogP contribution in [0, 0.1) is 0 Å². The van der Waals surface area contributed by atoms with Crippen LogP contribution in [-0.4, -0.2) is 41.4 Å². The lowest BCUT2D eigenvalue weighted by atomic mass is 9.78. The van der Waals surface area contributed by atoms with Crippen LogP contribution in [0.4, 0.5) is 4.79 Å². The van der Waals surface area contributed by atoms with E-state index in [0.717, 1.165) is 17.2 Å². The van der Waals surface area contributed by atoms with Crippen molar-refractivity contribution in [3.63, 3.8) is 0 Å². The Balaban J connectivity index is 1.49. The average molecular weight is 548 g/mol. The van der Waals surface area contributed by atoms with Crippen molar-refractivity contribution in [1.82, 2.24) is 15.3 Å². The zero-order chi connectivity index (χ0) is 29.2. The number of hydrogen-bond donors (Lipinski definition) is 1. The normalized spacial score (nSPS) is 11.4.